The molecule has 63 valence electrons. The largest absolute Gasteiger partial charge is 0.272 e. The van der Waals surface area contributed by atoms with Gasteiger partial charge >= 0.3 is 0 Å². The van der Waals surface area contributed by atoms with E-state index in [2.05, 4.69) is 0 Å². The zero-order chi connectivity index (χ0) is 8.72. The lowest BCUT2D eigenvalue weighted by atomic mass is 9.82. The molecule has 1 aliphatic heterocycles. The summed E-state index contributed by atoms with van der Waals surface area (Å²) in [4.78, 5) is 22.2. The van der Waals surface area contributed by atoms with Gasteiger partial charge in [-0.05, 0) is 12.8 Å². The molecule has 0 saturated carbocycles. The molecule has 2 bridgehead atoms. The van der Waals surface area contributed by atoms with E-state index in [-0.39, 0.29) is 16.9 Å². The number of carbonyl (C=O) groups is 2. The summed E-state index contributed by atoms with van der Waals surface area (Å²) in [5, 5.41) is 10.9. The van der Waals surface area contributed by atoms with E-state index in [4.69, 9.17) is 0 Å². The van der Waals surface area contributed by atoms with Crippen LogP contribution in [0, 0.1) is 11.8 Å². The molecule has 4 heteroatoms. The molecule has 2 unspecified atom stereocenters. The Labute approximate surface area is 69.4 Å². The second kappa shape index (κ2) is 2.42. The van der Waals surface area contributed by atoms with Crippen LogP contribution in [0.1, 0.15) is 12.8 Å². The molecule has 2 atom stereocenters. The first kappa shape index (κ1) is 7.49. The van der Waals surface area contributed by atoms with Crippen LogP contribution in [0.3, 0.4) is 0 Å². The fourth-order valence-electron chi connectivity index (χ4n) is 1.70. The molecule has 0 aromatic rings. The number of imide groups is 1. The van der Waals surface area contributed by atoms with Crippen molar-refractivity contribution in [1.82, 2.24) is 5.06 Å². The highest BCUT2D eigenvalue weighted by Gasteiger charge is 2.41. The van der Waals surface area contributed by atoms with Gasteiger partial charge < -0.3 is 0 Å². The maximum Gasteiger partial charge on any atom is 0.263 e. The van der Waals surface area contributed by atoms with Gasteiger partial charge in [0, 0.05) is 5.92 Å². The molecule has 4 nitrogen and oxygen atoms in total. The van der Waals surface area contributed by atoms with Crippen molar-refractivity contribution < 1.29 is 14.8 Å². The smallest absolute Gasteiger partial charge is 0.263 e. The van der Waals surface area contributed by atoms with Crippen molar-refractivity contribution >= 4 is 11.8 Å². The summed E-state index contributed by atoms with van der Waals surface area (Å²) in [5.41, 5.74) is 0. The lowest BCUT2D eigenvalue weighted by molar-refractivity contribution is -0.207. The van der Waals surface area contributed by atoms with E-state index in [1.165, 1.54) is 0 Å². The fourth-order valence-corrected chi connectivity index (χ4v) is 1.70. The molecular formula is C8H8NO3. The molecule has 0 N–H and O–H groups in total. The Morgan fingerprint density at radius 3 is 2.83 bits per heavy atom. The zero-order valence-corrected chi connectivity index (χ0v) is 6.40. The summed E-state index contributed by atoms with van der Waals surface area (Å²) in [6, 6.07) is 0. The van der Waals surface area contributed by atoms with Crippen LogP contribution in [0.5, 0.6) is 0 Å². The summed E-state index contributed by atoms with van der Waals surface area (Å²) >= 11 is 0. The first-order valence-electron chi connectivity index (χ1n) is 3.92. The van der Waals surface area contributed by atoms with Crippen LogP contribution in [-0.4, -0.2) is 16.9 Å². The summed E-state index contributed by atoms with van der Waals surface area (Å²) in [6.07, 6.45) is 4.64. The van der Waals surface area contributed by atoms with Gasteiger partial charge in [-0.15, -0.1) is 5.06 Å². The predicted octanol–water partition coefficient (Wildman–Crippen LogP) is 0.283. The molecule has 0 aromatic heterocycles. The summed E-state index contributed by atoms with van der Waals surface area (Å²) < 4.78 is 0. The minimum Gasteiger partial charge on any atom is -0.272 e. The van der Waals surface area contributed by atoms with Crippen LogP contribution in [0.25, 0.3) is 0 Å². The van der Waals surface area contributed by atoms with Crippen LogP contribution in [0.2, 0.25) is 0 Å². The Kier molecular flexibility index (Phi) is 1.51. The van der Waals surface area contributed by atoms with Crippen molar-refractivity contribution in [2.75, 3.05) is 0 Å². The first-order chi connectivity index (χ1) is 5.70. The Hall–Kier alpha value is -1.16. The molecule has 1 heterocycles. The van der Waals surface area contributed by atoms with E-state index < -0.39 is 11.8 Å². The average molecular weight is 166 g/mol. The minimum atomic E-state index is -0.604. The number of carbonyl (C=O) groups excluding carboxylic acids is 2. The minimum absolute atomic E-state index is 0.0162. The van der Waals surface area contributed by atoms with Crippen LogP contribution >= 0.6 is 0 Å². The van der Waals surface area contributed by atoms with Gasteiger partial charge in [0.25, 0.3) is 11.8 Å². The van der Waals surface area contributed by atoms with Crippen LogP contribution < -0.4 is 0 Å². The van der Waals surface area contributed by atoms with Crippen LogP contribution in [0.15, 0.2) is 12.2 Å². The highest BCUT2D eigenvalue weighted by atomic mass is 16.5. The normalized spacial score (nSPS) is 34.2. The van der Waals surface area contributed by atoms with Gasteiger partial charge in [0.2, 0.25) is 0 Å². The Morgan fingerprint density at radius 2 is 2.08 bits per heavy atom. The van der Waals surface area contributed by atoms with Crippen molar-refractivity contribution in [2.45, 2.75) is 12.8 Å². The van der Waals surface area contributed by atoms with E-state index in [0.717, 1.165) is 0 Å². The lowest BCUT2D eigenvalue weighted by Gasteiger charge is -2.30. The van der Waals surface area contributed by atoms with E-state index >= 15 is 0 Å². The molecule has 1 aliphatic carbocycles. The van der Waals surface area contributed by atoms with Gasteiger partial charge in [0.1, 0.15) is 0 Å². The maximum absolute atomic E-state index is 11.1. The number of hydroxylamine groups is 2. The highest BCUT2D eigenvalue weighted by molar-refractivity contribution is 5.99. The second-order valence-corrected chi connectivity index (χ2v) is 3.17. The Morgan fingerprint density at radius 1 is 1.33 bits per heavy atom. The van der Waals surface area contributed by atoms with Gasteiger partial charge in [-0.25, -0.2) is 0 Å². The summed E-state index contributed by atoms with van der Waals surface area (Å²) in [6.45, 7) is 0. The highest BCUT2D eigenvalue weighted by Crippen LogP contribution is 2.30. The van der Waals surface area contributed by atoms with Gasteiger partial charge in [0.05, 0.1) is 5.92 Å². The first-order valence-corrected chi connectivity index (χ1v) is 3.92. The lowest BCUT2D eigenvalue weighted by Crippen LogP contribution is -2.47. The van der Waals surface area contributed by atoms with Gasteiger partial charge in [0.15, 0.2) is 0 Å². The number of allylic oxidation sites excluding steroid dienone is 1. The van der Waals surface area contributed by atoms with Crippen LogP contribution in [0.4, 0.5) is 0 Å². The van der Waals surface area contributed by atoms with E-state index in [1.54, 1.807) is 6.08 Å². The third-order valence-corrected chi connectivity index (χ3v) is 2.39. The summed E-state index contributed by atoms with van der Waals surface area (Å²) in [5.74, 6) is -1.78. The summed E-state index contributed by atoms with van der Waals surface area (Å²) in [7, 11) is 0. The second-order valence-electron chi connectivity index (χ2n) is 3.17. The van der Waals surface area contributed by atoms with Gasteiger partial charge in [-0.1, -0.05) is 17.4 Å². The Balaban J connectivity index is 2.34. The number of hydrogen-bond acceptors (Lipinski definition) is 2. The number of rotatable bonds is 0. The SMILES string of the molecule is [O]N1C(=O)C2C=CCC(C2)C1=O. The number of nitrogens with zero attached hydrogens (tertiary/aromatic N) is 1. The van der Waals surface area contributed by atoms with Crippen molar-refractivity contribution in [1.29, 1.82) is 0 Å². The zero-order valence-electron chi connectivity index (χ0n) is 6.40. The standard InChI is InChI=1S/C8H8NO3/c10-7-5-2-1-3-6(4-5)8(11)9(7)12/h1-2,5-6H,3-4H2. The number of fused-ring (bicyclic) bond motifs is 2. The maximum atomic E-state index is 11.1. The molecular weight excluding hydrogens is 158 g/mol. The molecule has 2 amide bonds. The molecule has 1 saturated heterocycles. The molecule has 1 fully saturated rings. The number of amides is 2. The predicted molar refractivity (Wildman–Crippen MR) is 37.9 cm³/mol. The van der Waals surface area contributed by atoms with E-state index in [9.17, 15) is 14.8 Å². The average Bonchev–Trinajstić information content (AvgIpc) is 2.13. The monoisotopic (exact) mass is 166 g/mol. The molecule has 2 rings (SSSR count). The van der Waals surface area contributed by atoms with Crippen molar-refractivity contribution in [3.63, 3.8) is 0 Å². The van der Waals surface area contributed by atoms with Crippen molar-refractivity contribution in [2.24, 2.45) is 11.8 Å². The van der Waals surface area contributed by atoms with E-state index in [1.807, 2.05) is 6.08 Å². The van der Waals surface area contributed by atoms with E-state index in [0.29, 0.717) is 12.8 Å². The van der Waals surface area contributed by atoms with Crippen molar-refractivity contribution in [3.05, 3.63) is 12.2 Å². The van der Waals surface area contributed by atoms with Crippen LogP contribution in [-0.2, 0) is 14.8 Å². The quantitative estimate of drug-likeness (QED) is 0.383. The third kappa shape index (κ3) is 0.881. The Bertz CT molecular complexity index is 271. The number of piperidine rings is 1. The van der Waals surface area contributed by atoms with Gasteiger partial charge in [-0.2, -0.15) is 0 Å². The number of hydrogen-bond donors (Lipinski definition) is 0. The third-order valence-electron chi connectivity index (χ3n) is 2.39. The van der Waals surface area contributed by atoms with Crippen molar-refractivity contribution in [3.8, 4) is 0 Å². The molecule has 12 heavy (non-hydrogen) atoms. The molecule has 0 spiro atoms. The molecule has 0 aromatic carbocycles. The molecule has 2 aliphatic rings. The fraction of sp³-hybridized carbons (Fsp3) is 0.500. The molecule has 1 radical (unpaired) electrons. The van der Waals surface area contributed by atoms with Gasteiger partial charge in [-0.3, -0.25) is 9.59 Å². The topological polar surface area (TPSA) is 57.3 Å².